The van der Waals surface area contributed by atoms with Gasteiger partial charge in [-0.2, -0.15) is 0 Å². The van der Waals surface area contributed by atoms with Crippen LogP contribution < -0.4 is 5.73 Å². The molecule has 110 valence electrons. The lowest BCUT2D eigenvalue weighted by Gasteiger charge is -2.34. The van der Waals surface area contributed by atoms with Crippen LogP contribution in [-0.4, -0.2) is 22.9 Å². The number of hydrogen-bond donors (Lipinski definition) is 1. The number of anilines is 1. The quantitative estimate of drug-likeness (QED) is 0.521. The van der Waals surface area contributed by atoms with E-state index in [-0.39, 0.29) is 11.4 Å². The summed E-state index contributed by atoms with van der Waals surface area (Å²) in [6.45, 7) is 3.10. The van der Waals surface area contributed by atoms with Gasteiger partial charge in [0, 0.05) is 18.7 Å². The van der Waals surface area contributed by atoms with Crippen molar-refractivity contribution in [1.82, 2.24) is 4.90 Å². The lowest BCUT2D eigenvalue weighted by atomic mass is 9.86. The van der Waals surface area contributed by atoms with Gasteiger partial charge in [-0.3, -0.25) is 15.0 Å². The zero-order chi connectivity index (χ0) is 14.7. The molecule has 1 saturated carbocycles. The third kappa shape index (κ3) is 3.48. The molecule has 5 heteroatoms. The minimum atomic E-state index is -0.439. The fourth-order valence-corrected chi connectivity index (χ4v) is 3.09. The first-order valence-electron chi connectivity index (χ1n) is 7.20. The van der Waals surface area contributed by atoms with Crippen LogP contribution in [0.5, 0.6) is 0 Å². The fourth-order valence-electron chi connectivity index (χ4n) is 3.09. The van der Waals surface area contributed by atoms with E-state index in [0.29, 0.717) is 6.04 Å². The van der Waals surface area contributed by atoms with Crippen LogP contribution >= 0.6 is 0 Å². The van der Waals surface area contributed by atoms with Crippen LogP contribution in [0, 0.1) is 16.0 Å². The Bertz CT molecular complexity index is 490. The van der Waals surface area contributed by atoms with Gasteiger partial charge in [0.25, 0.3) is 5.69 Å². The number of rotatable bonds is 4. The van der Waals surface area contributed by atoms with Crippen LogP contribution in [0.4, 0.5) is 11.4 Å². The molecule has 0 bridgehead atoms. The second-order valence-electron chi connectivity index (χ2n) is 5.99. The molecule has 1 aromatic carbocycles. The maximum Gasteiger partial charge on any atom is 0.292 e. The van der Waals surface area contributed by atoms with Gasteiger partial charge in [-0.25, -0.2) is 0 Å². The summed E-state index contributed by atoms with van der Waals surface area (Å²) in [4.78, 5) is 12.7. The molecule has 1 fully saturated rings. The third-order valence-electron chi connectivity index (χ3n) is 4.25. The molecular weight excluding hydrogens is 254 g/mol. The summed E-state index contributed by atoms with van der Waals surface area (Å²) in [7, 11) is 2.13. The summed E-state index contributed by atoms with van der Waals surface area (Å²) in [6, 6.07) is 5.63. The van der Waals surface area contributed by atoms with E-state index in [1.54, 1.807) is 12.1 Å². The Balaban J connectivity index is 2.02. The van der Waals surface area contributed by atoms with E-state index in [9.17, 15) is 10.1 Å². The zero-order valence-corrected chi connectivity index (χ0v) is 12.2. The van der Waals surface area contributed by atoms with E-state index in [1.165, 1.54) is 31.7 Å². The highest BCUT2D eigenvalue weighted by Gasteiger charge is 2.22. The molecule has 0 spiro atoms. The van der Waals surface area contributed by atoms with Crippen LogP contribution in [0.15, 0.2) is 18.2 Å². The Morgan fingerprint density at radius 3 is 2.80 bits per heavy atom. The first-order chi connectivity index (χ1) is 9.47. The molecule has 2 atom stereocenters. The van der Waals surface area contributed by atoms with Gasteiger partial charge in [-0.1, -0.05) is 25.8 Å². The molecule has 0 aliphatic heterocycles. The minimum Gasteiger partial charge on any atom is -0.393 e. The van der Waals surface area contributed by atoms with Crippen LogP contribution in [-0.2, 0) is 6.54 Å². The molecule has 1 aromatic rings. The second-order valence-corrected chi connectivity index (χ2v) is 5.99. The van der Waals surface area contributed by atoms with Crippen molar-refractivity contribution < 1.29 is 4.92 Å². The van der Waals surface area contributed by atoms with Crippen molar-refractivity contribution in [3.05, 3.63) is 33.9 Å². The van der Waals surface area contributed by atoms with E-state index in [0.717, 1.165) is 18.0 Å². The molecule has 0 saturated heterocycles. The molecule has 0 aromatic heterocycles. The molecule has 2 unspecified atom stereocenters. The Morgan fingerprint density at radius 2 is 2.20 bits per heavy atom. The van der Waals surface area contributed by atoms with Gasteiger partial charge in [0.15, 0.2) is 0 Å². The van der Waals surface area contributed by atoms with E-state index in [4.69, 9.17) is 5.73 Å². The summed E-state index contributed by atoms with van der Waals surface area (Å²) >= 11 is 0. The smallest absolute Gasteiger partial charge is 0.292 e. The van der Waals surface area contributed by atoms with E-state index >= 15 is 0 Å². The third-order valence-corrected chi connectivity index (χ3v) is 4.25. The summed E-state index contributed by atoms with van der Waals surface area (Å²) in [5.41, 5.74) is 7.01. The highest BCUT2D eigenvalue weighted by atomic mass is 16.6. The largest absolute Gasteiger partial charge is 0.393 e. The number of nitro groups is 1. The summed E-state index contributed by atoms with van der Waals surface area (Å²) < 4.78 is 0. The van der Waals surface area contributed by atoms with Gasteiger partial charge >= 0.3 is 0 Å². The number of nitrogens with zero attached hydrogens (tertiary/aromatic N) is 2. The average molecular weight is 277 g/mol. The normalized spacial score (nSPS) is 22.9. The fraction of sp³-hybridized carbons (Fsp3) is 0.600. The molecule has 1 aliphatic rings. The van der Waals surface area contributed by atoms with Crippen LogP contribution in [0.2, 0.25) is 0 Å². The highest BCUT2D eigenvalue weighted by Crippen LogP contribution is 2.28. The molecule has 0 radical (unpaired) electrons. The molecule has 5 nitrogen and oxygen atoms in total. The van der Waals surface area contributed by atoms with Crippen molar-refractivity contribution in [2.45, 2.75) is 45.2 Å². The van der Waals surface area contributed by atoms with Crippen LogP contribution in [0.25, 0.3) is 0 Å². The van der Waals surface area contributed by atoms with E-state index in [1.807, 2.05) is 0 Å². The average Bonchev–Trinajstić information content (AvgIpc) is 2.38. The first-order valence-corrected chi connectivity index (χ1v) is 7.20. The molecular formula is C15H23N3O2. The van der Waals surface area contributed by atoms with Gasteiger partial charge < -0.3 is 5.73 Å². The molecule has 2 rings (SSSR count). The summed E-state index contributed by atoms with van der Waals surface area (Å²) in [5, 5.41) is 10.8. The van der Waals surface area contributed by atoms with Gasteiger partial charge in [-0.05, 0) is 37.4 Å². The van der Waals surface area contributed by atoms with Gasteiger partial charge in [0.1, 0.15) is 5.69 Å². The zero-order valence-electron chi connectivity index (χ0n) is 12.2. The molecule has 0 heterocycles. The molecule has 20 heavy (non-hydrogen) atoms. The van der Waals surface area contributed by atoms with Crippen molar-refractivity contribution in [2.75, 3.05) is 12.8 Å². The number of hydrogen-bond acceptors (Lipinski definition) is 4. The minimum absolute atomic E-state index is 0.0114. The topological polar surface area (TPSA) is 72.4 Å². The number of nitrogen functional groups attached to an aromatic ring is 1. The highest BCUT2D eigenvalue weighted by molar-refractivity contribution is 5.59. The SMILES string of the molecule is CC1CCCC(N(C)Cc2ccc([N+](=O)[O-])c(N)c2)C1. The van der Waals surface area contributed by atoms with Crippen molar-refractivity contribution in [1.29, 1.82) is 0 Å². The number of nitro benzene ring substituents is 1. The summed E-state index contributed by atoms with van der Waals surface area (Å²) in [6.07, 6.45) is 5.09. The lowest BCUT2D eigenvalue weighted by molar-refractivity contribution is -0.383. The van der Waals surface area contributed by atoms with Crippen molar-refractivity contribution in [2.24, 2.45) is 5.92 Å². The molecule has 1 aliphatic carbocycles. The standard InChI is InChI=1S/C15H23N3O2/c1-11-4-3-5-13(8-11)17(2)10-12-6-7-15(18(19)20)14(16)9-12/h6-7,9,11,13H,3-5,8,10,16H2,1-2H3. The maximum absolute atomic E-state index is 10.8. The Morgan fingerprint density at radius 1 is 1.45 bits per heavy atom. The monoisotopic (exact) mass is 277 g/mol. The Kier molecular flexibility index (Phi) is 4.60. The van der Waals surface area contributed by atoms with Gasteiger partial charge in [0.05, 0.1) is 4.92 Å². The first kappa shape index (κ1) is 14.8. The van der Waals surface area contributed by atoms with Gasteiger partial charge in [0.2, 0.25) is 0 Å². The van der Waals surface area contributed by atoms with Crippen LogP contribution in [0.3, 0.4) is 0 Å². The number of benzene rings is 1. The van der Waals surface area contributed by atoms with Crippen molar-refractivity contribution in [3.8, 4) is 0 Å². The molecule has 2 N–H and O–H groups in total. The lowest BCUT2D eigenvalue weighted by Crippen LogP contribution is -2.35. The van der Waals surface area contributed by atoms with Crippen LogP contribution in [0.1, 0.15) is 38.2 Å². The van der Waals surface area contributed by atoms with Gasteiger partial charge in [-0.15, -0.1) is 0 Å². The second kappa shape index (κ2) is 6.22. The predicted molar refractivity (Wildman–Crippen MR) is 80.4 cm³/mol. The molecule has 0 amide bonds. The van der Waals surface area contributed by atoms with Crippen molar-refractivity contribution >= 4 is 11.4 Å². The van der Waals surface area contributed by atoms with E-state index in [2.05, 4.69) is 18.9 Å². The van der Waals surface area contributed by atoms with E-state index < -0.39 is 4.92 Å². The predicted octanol–water partition coefficient (Wildman–Crippen LogP) is 3.19. The Labute approximate surface area is 119 Å². The maximum atomic E-state index is 10.8. The number of nitrogens with two attached hydrogens (primary N) is 1. The Hall–Kier alpha value is -1.62. The van der Waals surface area contributed by atoms with Crippen molar-refractivity contribution in [3.63, 3.8) is 0 Å². The summed E-state index contributed by atoms with van der Waals surface area (Å²) in [5.74, 6) is 0.790.